The van der Waals surface area contributed by atoms with Crippen LogP contribution >= 0.6 is 0 Å². The molecule has 3 heterocycles. The van der Waals surface area contributed by atoms with E-state index in [0.717, 1.165) is 33.2 Å². The molecule has 26 heavy (non-hydrogen) atoms. The highest BCUT2D eigenvalue weighted by Gasteiger charge is 2.11. The maximum absolute atomic E-state index is 12.4. The number of anilines is 1. The Morgan fingerprint density at radius 2 is 1.85 bits per heavy atom. The molecule has 4 aromatic rings. The van der Waals surface area contributed by atoms with Gasteiger partial charge in [0.15, 0.2) is 5.65 Å². The number of fused-ring (bicyclic) bond motifs is 2. The van der Waals surface area contributed by atoms with Crippen molar-refractivity contribution in [3.63, 3.8) is 0 Å². The van der Waals surface area contributed by atoms with Gasteiger partial charge in [-0.2, -0.15) is 0 Å². The van der Waals surface area contributed by atoms with Crippen molar-refractivity contribution in [2.75, 3.05) is 5.32 Å². The lowest BCUT2D eigenvalue weighted by Gasteiger charge is -2.10. The molecule has 0 fully saturated rings. The molecule has 130 valence electrons. The van der Waals surface area contributed by atoms with Gasteiger partial charge in [-0.05, 0) is 56.2 Å². The average molecular weight is 346 g/mol. The Balaban J connectivity index is 1.58. The first-order chi connectivity index (χ1) is 12.5. The lowest BCUT2D eigenvalue weighted by molar-refractivity contribution is -0.116. The quantitative estimate of drug-likeness (QED) is 0.616. The molecule has 0 aliphatic carbocycles. The van der Waals surface area contributed by atoms with Crippen LogP contribution in [0.1, 0.15) is 16.8 Å². The van der Waals surface area contributed by atoms with E-state index in [0.29, 0.717) is 11.5 Å². The number of para-hydroxylation sites is 1. The van der Waals surface area contributed by atoms with Gasteiger partial charge in [0.1, 0.15) is 17.9 Å². The number of carbonyl (C=O) groups is 1. The molecule has 0 radical (unpaired) electrons. The summed E-state index contributed by atoms with van der Waals surface area (Å²) in [4.78, 5) is 21.4. The van der Waals surface area contributed by atoms with Gasteiger partial charge in [-0.1, -0.05) is 17.3 Å². The first-order valence-corrected chi connectivity index (χ1v) is 8.35. The van der Waals surface area contributed by atoms with Gasteiger partial charge in [0, 0.05) is 11.1 Å². The fourth-order valence-electron chi connectivity index (χ4n) is 2.96. The van der Waals surface area contributed by atoms with E-state index in [9.17, 15) is 4.79 Å². The molecule has 1 aromatic carbocycles. The lowest BCUT2D eigenvalue weighted by atomic mass is 10.1. The van der Waals surface area contributed by atoms with Crippen LogP contribution in [0.25, 0.3) is 22.1 Å². The van der Waals surface area contributed by atoms with E-state index in [1.807, 2.05) is 37.3 Å². The van der Waals surface area contributed by atoms with Gasteiger partial charge in [0.05, 0.1) is 5.52 Å². The average Bonchev–Trinajstić information content (AvgIpc) is 3.02. The third kappa shape index (κ3) is 2.77. The zero-order valence-electron chi connectivity index (χ0n) is 14.8. The van der Waals surface area contributed by atoms with Gasteiger partial charge in [-0.25, -0.2) is 14.6 Å². The highest BCUT2D eigenvalue weighted by Crippen LogP contribution is 2.22. The second kappa shape index (κ2) is 6.18. The molecular weight excluding hydrogens is 328 g/mol. The summed E-state index contributed by atoms with van der Waals surface area (Å²) in [6, 6.07) is 11.3. The normalized spacial score (nSPS) is 11.2. The molecule has 4 rings (SSSR count). The molecule has 0 unspecified atom stereocenters. The summed E-state index contributed by atoms with van der Waals surface area (Å²) in [6.45, 7) is 6.14. The molecule has 7 heteroatoms. The Morgan fingerprint density at radius 1 is 1.04 bits per heavy atom. The van der Waals surface area contributed by atoms with E-state index < -0.39 is 0 Å². The van der Waals surface area contributed by atoms with Gasteiger partial charge in [0.2, 0.25) is 5.91 Å². The van der Waals surface area contributed by atoms with E-state index in [4.69, 9.17) is 0 Å². The molecule has 0 aliphatic rings. The fourth-order valence-corrected chi connectivity index (χ4v) is 2.96. The van der Waals surface area contributed by atoms with Crippen molar-refractivity contribution >= 4 is 33.8 Å². The Morgan fingerprint density at radius 3 is 2.69 bits per heavy atom. The minimum absolute atomic E-state index is 0.0691. The van der Waals surface area contributed by atoms with Crippen LogP contribution in [0.4, 0.5) is 5.82 Å². The Hall–Kier alpha value is -3.35. The summed E-state index contributed by atoms with van der Waals surface area (Å²) in [6.07, 6.45) is 0. The summed E-state index contributed by atoms with van der Waals surface area (Å²) in [7, 11) is 0. The van der Waals surface area contributed by atoms with Crippen LogP contribution in [0.15, 0.2) is 36.4 Å². The summed E-state index contributed by atoms with van der Waals surface area (Å²) in [5.41, 5.74) is 5.47. The van der Waals surface area contributed by atoms with Crippen molar-refractivity contribution in [3.8, 4) is 0 Å². The van der Waals surface area contributed by atoms with Crippen molar-refractivity contribution in [2.45, 2.75) is 27.3 Å². The molecule has 0 spiro atoms. The Bertz CT molecular complexity index is 1150. The van der Waals surface area contributed by atoms with Crippen LogP contribution in [-0.4, -0.2) is 30.9 Å². The summed E-state index contributed by atoms with van der Waals surface area (Å²) in [5.74, 6) is 0.259. The van der Waals surface area contributed by atoms with Crippen LogP contribution in [0.2, 0.25) is 0 Å². The summed E-state index contributed by atoms with van der Waals surface area (Å²) < 4.78 is 1.57. The molecule has 7 nitrogen and oxygen atoms in total. The van der Waals surface area contributed by atoms with E-state index in [-0.39, 0.29) is 12.5 Å². The number of carbonyl (C=O) groups excluding carboxylic acids is 1. The molecule has 0 saturated carbocycles. The largest absolute Gasteiger partial charge is 0.309 e. The zero-order chi connectivity index (χ0) is 18.3. The van der Waals surface area contributed by atoms with Crippen LogP contribution < -0.4 is 5.32 Å². The minimum atomic E-state index is -0.215. The van der Waals surface area contributed by atoms with E-state index in [2.05, 4.69) is 39.4 Å². The summed E-state index contributed by atoms with van der Waals surface area (Å²) >= 11 is 0. The van der Waals surface area contributed by atoms with Crippen molar-refractivity contribution in [1.82, 2.24) is 25.0 Å². The standard InChI is InChI=1S/C19H18N6O/c1-11-12(2)14-8-9-17(22-19(14)20-13(11)3)21-18(26)10-25-16-7-5-4-6-15(16)23-24-25/h4-9H,10H2,1-3H3,(H,20,21,22,26). The van der Waals surface area contributed by atoms with Gasteiger partial charge < -0.3 is 5.32 Å². The number of amides is 1. The van der Waals surface area contributed by atoms with Gasteiger partial charge in [-0.3, -0.25) is 4.79 Å². The topological polar surface area (TPSA) is 85.6 Å². The first-order valence-electron chi connectivity index (χ1n) is 8.35. The molecule has 0 bridgehead atoms. The summed E-state index contributed by atoms with van der Waals surface area (Å²) in [5, 5.41) is 11.9. The first kappa shape index (κ1) is 16.1. The lowest BCUT2D eigenvalue weighted by Crippen LogP contribution is -2.20. The highest BCUT2D eigenvalue weighted by molar-refractivity contribution is 5.92. The second-order valence-electron chi connectivity index (χ2n) is 6.30. The van der Waals surface area contributed by atoms with Crippen molar-refractivity contribution in [2.24, 2.45) is 0 Å². The van der Waals surface area contributed by atoms with Gasteiger partial charge >= 0.3 is 0 Å². The Kier molecular flexibility index (Phi) is 3.84. The third-order valence-electron chi connectivity index (χ3n) is 4.64. The molecule has 1 amide bonds. The maximum Gasteiger partial charge on any atom is 0.247 e. The maximum atomic E-state index is 12.4. The molecular formula is C19H18N6O. The Labute approximate surface area is 150 Å². The number of hydrogen-bond donors (Lipinski definition) is 1. The van der Waals surface area contributed by atoms with Crippen molar-refractivity contribution < 1.29 is 4.79 Å². The third-order valence-corrected chi connectivity index (χ3v) is 4.64. The number of pyridine rings is 2. The van der Waals surface area contributed by atoms with Crippen LogP contribution in [0.3, 0.4) is 0 Å². The number of nitrogens with zero attached hydrogens (tertiary/aromatic N) is 5. The predicted molar refractivity (Wildman–Crippen MR) is 99.9 cm³/mol. The minimum Gasteiger partial charge on any atom is -0.309 e. The van der Waals surface area contributed by atoms with Crippen molar-refractivity contribution in [3.05, 3.63) is 53.2 Å². The second-order valence-corrected chi connectivity index (χ2v) is 6.30. The number of aryl methyl sites for hydroxylation is 2. The van der Waals surface area contributed by atoms with E-state index in [1.54, 1.807) is 10.7 Å². The van der Waals surface area contributed by atoms with Crippen LogP contribution in [0, 0.1) is 20.8 Å². The van der Waals surface area contributed by atoms with Crippen LogP contribution in [-0.2, 0) is 11.3 Å². The molecule has 1 N–H and O–H groups in total. The zero-order valence-corrected chi connectivity index (χ0v) is 14.8. The van der Waals surface area contributed by atoms with E-state index in [1.165, 1.54) is 0 Å². The molecule has 3 aromatic heterocycles. The van der Waals surface area contributed by atoms with Crippen LogP contribution in [0.5, 0.6) is 0 Å². The SMILES string of the molecule is Cc1nc2nc(NC(=O)Cn3nnc4ccccc43)ccc2c(C)c1C. The fraction of sp³-hybridized carbons (Fsp3) is 0.211. The molecule has 0 saturated heterocycles. The van der Waals surface area contributed by atoms with Gasteiger partial charge in [-0.15, -0.1) is 5.10 Å². The predicted octanol–water partition coefficient (Wildman–Crippen LogP) is 2.94. The van der Waals surface area contributed by atoms with Gasteiger partial charge in [0.25, 0.3) is 0 Å². The number of benzene rings is 1. The number of aromatic nitrogens is 5. The van der Waals surface area contributed by atoms with E-state index >= 15 is 0 Å². The number of hydrogen-bond acceptors (Lipinski definition) is 5. The number of nitrogens with one attached hydrogen (secondary N) is 1. The smallest absolute Gasteiger partial charge is 0.247 e. The molecule has 0 aliphatic heterocycles. The monoisotopic (exact) mass is 346 g/mol. The van der Waals surface area contributed by atoms with Crippen molar-refractivity contribution in [1.29, 1.82) is 0 Å². The molecule has 0 atom stereocenters. The number of rotatable bonds is 3. The highest BCUT2D eigenvalue weighted by atomic mass is 16.2.